The maximum Gasteiger partial charge on any atom is 0.225 e. The second-order valence-corrected chi connectivity index (χ2v) is 9.43. The average Bonchev–Trinajstić information content (AvgIpc) is 2.91. The maximum atomic E-state index is 12.8. The molecule has 146 valence electrons. The fourth-order valence-electron chi connectivity index (χ4n) is 3.86. The molecule has 0 bridgehead atoms. The van der Waals surface area contributed by atoms with Gasteiger partial charge in [-0.2, -0.15) is 5.10 Å². The zero-order valence-corrected chi connectivity index (χ0v) is 16.7. The van der Waals surface area contributed by atoms with Gasteiger partial charge in [0.1, 0.15) is 0 Å². The van der Waals surface area contributed by atoms with Gasteiger partial charge in [-0.1, -0.05) is 0 Å². The third-order valence-electron chi connectivity index (χ3n) is 5.47. The highest BCUT2D eigenvalue weighted by Gasteiger charge is 2.32. The molecule has 0 atom stereocenters. The lowest BCUT2D eigenvalue weighted by atomic mass is 9.96. The highest BCUT2D eigenvalue weighted by atomic mass is 32.2. The van der Waals surface area contributed by atoms with Gasteiger partial charge in [-0.15, -0.1) is 0 Å². The summed E-state index contributed by atoms with van der Waals surface area (Å²) in [6.45, 7) is 7.01. The second-order valence-electron chi connectivity index (χ2n) is 7.45. The van der Waals surface area contributed by atoms with Gasteiger partial charge < -0.3 is 4.90 Å². The highest BCUT2D eigenvalue weighted by Crippen LogP contribution is 2.22. The number of sulfonamides is 1. The van der Waals surface area contributed by atoms with Crippen molar-refractivity contribution in [1.29, 1.82) is 0 Å². The van der Waals surface area contributed by atoms with Gasteiger partial charge in [0.25, 0.3) is 0 Å². The van der Waals surface area contributed by atoms with E-state index in [4.69, 9.17) is 0 Å². The first-order valence-corrected chi connectivity index (χ1v) is 11.0. The number of nitrogens with zero attached hydrogens (tertiary/aromatic N) is 5. The van der Waals surface area contributed by atoms with E-state index in [9.17, 15) is 13.2 Å². The smallest absolute Gasteiger partial charge is 0.225 e. The van der Waals surface area contributed by atoms with E-state index in [-0.39, 0.29) is 11.8 Å². The molecule has 0 N–H and O–H groups in total. The quantitative estimate of drug-likeness (QED) is 0.734. The minimum Gasteiger partial charge on any atom is -0.340 e. The van der Waals surface area contributed by atoms with Crippen LogP contribution in [0.1, 0.15) is 24.1 Å². The summed E-state index contributed by atoms with van der Waals surface area (Å²) >= 11 is 0. The van der Waals surface area contributed by atoms with Crippen molar-refractivity contribution in [3.8, 4) is 0 Å². The van der Waals surface area contributed by atoms with Crippen molar-refractivity contribution in [1.82, 2.24) is 23.9 Å². The first-order valence-electron chi connectivity index (χ1n) is 9.19. The largest absolute Gasteiger partial charge is 0.340 e. The lowest BCUT2D eigenvalue weighted by molar-refractivity contribution is -0.138. The number of piperazine rings is 1. The van der Waals surface area contributed by atoms with Crippen LogP contribution in [0.3, 0.4) is 0 Å². The summed E-state index contributed by atoms with van der Waals surface area (Å²) in [5.74, 6) is 0.149. The van der Waals surface area contributed by atoms with Gasteiger partial charge in [-0.25, -0.2) is 12.7 Å². The molecule has 0 spiro atoms. The van der Waals surface area contributed by atoms with Crippen LogP contribution in [0.15, 0.2) is 6.20 Å². The predicted molar refractivity (Wildman–Crippen MR) is 98.9 cm³/mol. The Labute approximate surface area is 155 Å². The number of amides is 1. The van der Waals surface area contributed by atoms with Crippen molar-refractivity contribution in [3.05, 3.63) is 17.5 Å². The van der Waals surface area contributed by atoms with Crippen molar-refractivity contribution in [3.63, 3.8) is 0 Å². The van der Waals surface area contributed by atoms with Crippen molar-refractivity contribution >= 4 is 15.9 Å². The number of hydrogen-bond donors (Lipinski definition) is 0. The molecular formula is C17H29N5O3S. The van der Waals surface area contributed by atoms with E-state index in [0.29, 0.717) is 25.9 Å². The molecular weight excluding hydrogens is 354 g/mol. The number of hydrogen-bond acceptors (Lipinski definition) is 5. The van der Waals surface area contributed by atoms with E-state index < -0.39 is 10.0 Å². The number of piperidine rings is 1. The zero-order chi connectivity index (χ0) is 18.9. The minimum atomic E-state index is -3.14. The molecule has 0 saturated carbocycles. The Morgan fingerprint density at radius 3 is 2.27 bits per heavy atom. The van der Waals surface area contributed by atoms with E-state index in [0.717, 1.165) is 38.4 Å². The standard InChI is InChI=1S/C17H29N5O3S/c1-14-16(12-19(2)18-14)13-20-8-10-21(11-9-20)17(23)15-4-6-22(7-5-15)26(3,24)25/h12,15H,4-11,13H2,1-3H3. The van der Waals surface area contributed by atoms with Gasteiger partial charge in [0.05, 0.1) is 11.9 Å². The highest BCUT2D eigenvalue weighted by molar-refractivity contribution is 7.88. The SMILES string of the molecule is Cc1nn(C)cc1CN1CCN(C(=O)C2CCN(S(C)(=O)=O)CC2)CC1. The second kappa shape index (κ2) is 7.66. The Kier molecular flexibility index (Phi) is 5.69. The van der Waals surface area contributed by atoms with Crippen LogP contribution < -0.4 is 0 Å². The van der Waals surface area contributed by atoms with E-state index in [2.05, 4.69) is 16.2 Å². The molecule has 3 heterocycles. The zero-order valence-electron chi connectivity index (χ0n) is 15.9. The van der Waals surface area contributed by atoms with E-state index in [1.54, 1.807) is 0 Å². The number of carbonyl (C=O) groups excluding carboxylic acids is 1. The first-order chi connectivity index (χ1) is 12.2. The molecule has 1 amide bonds. The Morgan fingerprint density at radius 1 is 1.15 bits per heavy atom. The number of aryl methyl sites for hydroxylation is 2. The van der Waals surface area contributed by atoms with E-state index >= 15 is 0 Å². The topological polar surface area (TPSA) is 78.8 Å². The summed E-state index contributed by atoms with van der Waals surface area (Å²) in [5, 5.41) is 4.38. The normalized spacial score (nSPS) is 21.3. The summed E-state index contributed by atoms with van der Waals surface area (Å²) in [7, 11) is -1.21. The van der Waals surface area contributed by atoms with Crippen molar-refractivity contribution < 1.29 is 13.2 Å². The van der Waals surface area contributed by atoms with Gasteiger partial charge >= 0.3 is 0 Å². The molecule has 9 heteroatoms. The number of rotatable bonds is 4. The van der Waals surface area contributed by atoms with Gasteiger partial charge in [-0.05, 0) is 19.8 Å². The van der Waals surface area contributed by atoms with Crippen LogP contribution in [0.4, 0.5) is 0 Å². The summed E-state index contributed by atoms with van der Waals surface area (Å²) in [6.07, 6.45) is 4.54. The Bertz CT molecular complexity index is 744. The van der Waals surface area contributed by atoms with E-state index in [1.165, 1.54) is 16.1 Å². The molecule has 8 nitrogen and oxygen atoms in total. The fraction of sp³-hybridized carbons (Fsp3) is 0.765. The van der Waals surface area contributed by atoms with Gasteiger partial charge in [0.2, 0.25) is 15.9 Å². The molecule has 0 unspecified atom stereocenters. The number of carbonyl (C=O) groups is 1. The van der Waals surface area contributed by atoms with Gasteiger partial charge in [0, 0.05) is 70.5 Å². The average molecular weight is 384 g/mol. The van der Waals surface area contributed by atoms with Crippen molar-refractivity contribution in [2.24, 2.45) is 13.0 Å². The summed E-state index contributed by atoms with van der Waals surface area (Å²) in [5.41, 5.74) is 2.30. The van der Waals surface area contributed by atoms with Gasteiger partial charge in [0.15, 0.2) is 0 Å². The monoisotopic (exact) mass is 383 g/mol. The third-order valence-corrected chi connectivity index (χ3v) is 6.77. The minimum absolute atomic E-state index is 0.0416. The summed E-state index contributed by atoms with van der Waals surface area (Å²) < 4.78 is 26.5. The lowest BCUT2D eigenvalue weighted by Gasteiger charge is -2.38. The maximum absolute atomic E-state index is 12.8. The van der Waals surface area contributed by atoms with Crippen LogP contribution in [0.25, 0.3) is 0 Å². The van der Waals surface area contributed by atoms with Crippen LogP contribution in [0, 0.1) is 12.8 Å². The van der Waals surface area contributed by atoms with Crippen molar-refractivity contribution in [2.45, 2.75) is 26.3 Å². The van der Waals surface area contributed by atoms with E-state index in [1.807, 2.05) is 23.6 Å². The van der Waals surface area contributed by atoms with Crippen LogP contribution in [-0.2, 0) is 28.4 Å². The molecule has 2 aliphatic rings. The molecule has 0 radical (unpaired) electrons. The Balaban J connectivity index is 1.47. The van der Waals surface area contributed by atoms with Crippen LogP contribution in [0.2, 0.25) is 0 Å². The summed E-state index contributed by atoms with van der Waals surface area (Å²) in [6, 6.07) is 0. The summed E-state index contributed by atoms with van der Waals surface area (Å²) in [4.78, 5) is 17.1. The molecule has 1 aromatic rings. The lowest BCUT2D eigenvalue weighted by Crippen LogP contribution is -2.51. The van der Waals surface area contributed by atoms with Crippen LogP contribution in [-0.4, -0.2) is 83.7 Å². The third kappa shape index (κ3) is 4.44. The Morgan fingerprint density at radius 2 is 1.77 bits per heavy atom. The van der Waals surface area contributed by atoms with Gasteiger partial charge in [-0.3, -0.25) is 14.4 Å². The Hall–Kier alpha value is -1.45. The number of aromatic nitrogens is 2. The molecule has 2 aliphatic heterocycles. The van der Waals surface area contributed by atoms with Crippen LogP contribution >= 0.6 is 0 Å². The molecule has 2 fully saturated rings. The fourth-order valence-corrected chi connectivity index (χ4v) is 4.74. The molecule has 1 aromatic heterocycles. The molecule has 0 aliphatic carbocycles. The first kappa shape index (κ1) is 19.3. The van der Waals surface area contributed by atoms with Crippen LogP contribution in [0.5, 0.6) is 0 Å². The molecule has 2 saturated heterocycles. The van der Waals surface area contributed by atoms with Crippen molar-refractivity contribution in [2.75, 3.05) is 45.5 Å². The molecule has 3 rings (SSSR count). The molecule has 26 heavy (non-hydrogen) atoms. The predicted octanol–water partition coefficient (Wildman–Crippen LogP) is 0.0443. The molecule has 0 aromatic carbocycles.